The molecule has 0 saturated carbocycles. The highest BCUT2D eigenvalue weighted by Gasteiger charge is 2.14. The Labute approximate surface area is 169 Å². The van der Waals surface area contributed by atoms with Crippen LogP contribution in [-0.4, -0.2) is 24.3 Å². The number of hydrogen-bond acceptors (Lipinski definition) is 3. The van der Waals surface area contributed by atoms with Gasteiger partial charge >= 0.3 is 0 Å². The summed E-state index contributed by atoms with van der Waals surface area (Å²) in [7, 11) is 0. The van der Waals surface area contributed by atoms with Crippen molar-refractivity contribution in [2.24, 2.45) is 0 Å². The molecule has 0 fully saturated rings. The standard InChI is InChI=1S/C20H23Cl2NO2S/c1-13-8-14(2)10-17(9-13)25-15(3)20(24)23-6-7-26-12-16-4-5-18(21)19(22)11-16/h4-5,8-11,15H,6-7,12H2,1-3H3,(H,23,24)/t15-/m1/s1. The zero-order valence-corrected chi connectivity index (χ0v) is 17.5. The van der Waals surface area contributed by atoms with Crippen molar-refractivity contribution in [3.05, 3.63) is 63.1 Å². The number of benzene rings is 2. The van der Waals surface area contributed by atoms with E-state index in [1.54, 1.807) is 24.8 Å². The second-order valence-electron chi connectivity index (χ2n) is 6.18. The number of amides is 1. The molecule has 0 spiro atoms. The lowest BCUT2D eigenvalue weighted by atomic mass is 10.1. The molecule has 1 N–H and O–H groups in total. The molecule has 1 amide bonds. The molecule has 2 aromatic carbocycles. The maximum atomic E-state index is 12.2. The summed E-state index contributed by atoms with van der Waals surface area (Å²) in [5.41, 5.74) is 3.35. The van der Waals surface area contributed by atoms with Gasteiger partial charge in [-0.2, -0.15) is 11.8 Å². The van der Waals surface area contributed by atoms with E-state index in [1.807, 2.05) is 38.1 Å². The first-order chi connectivity index (χ1) is 12.3. The van der Waals surface area contributed by atoms with Crippen LogP contribution in [0.1, 0.15) is 23.6 Å². The van der Waals surface area contributed by atoms with E-state index in [-0.39, 0.29) is 5.91 Å². The number of hydrogen-bond donors (Lipinski definition) is 1. The third-order valence-electron chi connectivity index (χ3n) is 3.68. The summed E-state index contributed by atoms with van der Waals surface area (Å²) in [6.45, 7) is 6.37. The molecule has 140 valence electrons. The van der Waals surface area contributed by atoms with E-state index in [4.69, 9.17) is 27.9 Å². The van der Waals surface area contributed by atoms with Gasteiger partial charge in [0.1, 0.15) is 5.75 Å². The van der Waals surface area contributed by atoms with Crippen molar-refractivity contribution in [1.29, 1.82) is 0 Å². The van der Waals surface area contributed by atoms with Crippen molar-refractivity contribution < 1.29 is 9.53 Å². The molecule has 0 aliphatic heterocycles. The Morgan fingerprint density at radius 3 is 2.46 bits per heavy atom. The predicted octanol–water partition coefficient (Wildman–Crippen LogP) is 5.43. The van der Waals surface area contributed by atoms with E-state index in [0.29, 0.717) is 16.6 Å². The van der Waals surface area contributed by atoms with Crippen molar-refractivity contribution >= 4 is 40.9 Å². The van der Waals surface area contributed by atoms with E-state index in [1.165, 1.54) is 0 Å². The van der Waals surface area contributed by atoms with Crippen molar-refractivity contribution in [2.75, 3.05) is 12.3 Å². The van der Waals surface area contributed by atoms with Gasteiger partial charge < -0.3 is 10.1 Å². The molecule has 0 aliphatic carbocycles. The van der Waals surface area contributed by atoms with Crippen LogP contribution in [0.25, 0.3) is 0 Å². The summed E-state index contributed by atoms with van der Waals surface area (Å²) in [5, 5.41) is 4.03. The third kappa shape index (κ3) is 6.75. The Morgan fingerprint density at radius 1 is 1.12 bits per heavy atom. The molecule has 0 aliphatic rings. The van der Waals surface area contributed by atoms with Crippen LogP contribution >= 0.6 is 35.0 Å². The average Bonchev–Trinajstić information content (AvgIpc) is 2.56. The molecule has 3 nitrogen and oxygen atoms in total. The number of halogens is 2. The van der Waals surface area contributed by atoms with Gasteiger partial charge in [-0.25, -0.2) is 0 Å². The van der Waals surface area contributed by atoms with Crippen molar-refractivity contribution in [2.45, 2.75) is 32.6 Å². The maximum Gasteiger partial charge on any atom is 0.260 e. The number of aryl methyl sites for hydroxylation is 2. The quantitative estimate of drug-likeness (QED) is 0.588. The van der Waals surface area contributed by atoms with Crippen LogP contribution in [-0.2, 0) is 10.5 Å². The topological polar surface area (TPSA) is 38.3 Å². The fourth-order valence-corrected chi connectivity index (χ4v) is 3.59. The lowest BCUT2D eigenvalue weighted by molar-refractivity contribution is -0.127. The molecule has 0 heterocycles. The lowest BCUT2D eigenvalue weighted by Crippen LogP contribution is -2.37. The second kappa shape index (κ2) is 10.1. The number of carbonyl (C=O) groups excluding carboxylic acids is 1. The average molecular weight is 412 g/mol. The highest BCUT2D eigenvalue weighted by Crippen LogP contribution is 2.24. The van der Waals surface area contributed by atoms with Gasteiger partial charge in [-0.3, -0.25) is 4.79 Å². The van der Waals surface area contributed by atoms with Crippen molar-refractivity contribution in [3.8, 4) is 5.75 Å². The van der Waals surface area contributed by atoms with Gasteiger partial charge in [-0.15, -0.1) is 0 Å². The van der Waals surface area contributed by atoms with Crippen LogP contribution in [0.5, 0.6) is 5.75 Å². The van der Waals surface area contributed by atoms with Crippen LogP contribution in [0, 0.1) is 13.8 Å². The smallest absolute Gasteiger partial charge is 0.260 e. The van der Waals surface area contributed by atoms with Crippen LogP contribution < -0.4 is 10.1 Å². The predicted molar refractivity (Wildman–Crippen MR) is 112 cm³/mol. The number of rotatable bonds is 8. The first-order valence-corrected chi connectivity index (χ1v) is 10.3. The molecule has 0 aromatic heterocycles. The zero-order valence-electron chi connectivity index (χ0n) is 15.1. The van der Waals surface area contributed by atoms with Crippen LogP contribution in [0.15, 0.2) is 36.4 Å². The monoisotopic (exact) mass is 411 g/mol. The molecule has 2 aromatic rings. The third-order valence-corrected chi connectivity index (χ3v) is 5.44. The largest absolute Gasteiger partial charge is 0.481 e. The van der Waals surface area contributed by atoms with Gasteiger partial charge in [-0.05, 0) is 61.7 Å². The number of ether oxygens (including phenoxy) is 1. The molecule has 6 heteroatoms. The molecule has 26 heavy (non-hydrogen) atoms. The van der Waals surface area contributed by atoms with Gasteiger partial charge in [0.2, 0.25) is 0 Å². The molecular formula is C20H23Cl2NO2S. The van der Waals surface area contributed by atoms with E-state index in [0.717, 1.165) is 33.9 Å². The molecule has 2 rings (SSSR count). The Morgan fingerprint density at radius 2 is 1.81 bits per heavy atom. The van der Waals surface area contributed by atoms with Gasteiger partial charge in [0, 0.05) is 18.1 Å². The molecule has 0 saturated heterocycles. The molecule has 1 atom stereocenters. The van der Waals surface area contributed by atoms with E-state index in [9.17, 15) is 4.79 Å². The van der Waals surface area contributed by atoms with Gasteiger partial charge in [-0.1, -0.05) is 35.3 Å². The highest BCUT2D eigenvalue weighted by molar-refractivity contribution is 7.98. The fourth-order valence-electron chi connectivity index (χ4n) is 2.47. The second-order valence-corrected chi connectivity index (χ2v) is 8.10. The first kappa shape index (κ1) is 20.9. The molecular weight excluding hydrogens is 389 g/mol. The normalized spacial score (nSPS) is 11.9. The van der Waals surface area contributed by atoms with E-state index < -0.39 is 6.10 Å². The van der Waals surface area contributed by atoms with Gasteiger partial charge in [0.15, 0.2) is 6.10 Å². The minimum absolute atomic E-state index is 0.112. The first-order valence-electron chi connectivity index (χ1n) is 8.39. The highest BCUT2D eigenvalue weighted by atomic mass is 35.5. The van der Waals surface area contributed by atoms with E-state index in [2.05, 4.69) is 11.4 Å². The van der Waals surface area contributed by atoms with Crippen LogP contribution in [0.4, 0.5) is 0 Å². The maximum absolute atomic E-state index is 12.2. The summed E-state index contributed by atoms with van der Waals surface area (Å²) < 4.78 is 5.74. The zero-order chi connectivity index (χ0) is 19.1. The number of nitrogens with one attached hydrogen (secondary N) is 1. The minimum atomic E-state index is -0.531. The Bertz CT molecular complexity index is 747. The van der Waals surface area contributed by atoms with Crippen LogP contribution in [0.3, 0.4) is 0 Å². The SMILES string of the molecule is Cc1cc(C)cc(O[C@H](C)C(=O)NCCSCc2ccc(Cl)c(Cl)c2)c1. The van der Waals surface area contributed by atoms with Gasteiger partial charge in [0.05, 0.1) is 10.0 Å². The van der Waals surface area contributed by atoms with Crippen molar-refractivity contribution in [1.82, 2.24) is 5.32 Å². The summed E-state index contributed by atoms with van der Waals surface area (Å²) in [6.07, 6.45) is -0.531. The molecule has 0 radical (unpaired) electrons. The number of thioether (sulfide) groups is 1. The lowest BCUT2D eigenvalue weighted by Gasteiger charge is -2.15. The van der Waals surface area contributed by atoms with Crippen LogP contribution in [0.2, 0.25) is 10.0 Å². The van der Waals surface area contributed by atoms with Gasteiger partial charge in [0.25, 0.3) is 5.91 Å². The number of carbonyl (C=O) groups is 1. The summed E-state index contributed by atoms with van der Waals surface area (Å²) in [5.74, 6) is 2.24. The Hall–Kier alpha value is -1.36. The molecule has 0 unspecified atom stereocenters. The molecule has 0 bridgehead atoms. The Kier molecular flexibility index (Phi) is 8.14. The summed E-state index contributed by atoms with van der Waals surface area (Å²) >= 11 is 13.6. The summed E-state index contributed by atoms with van der Waals surface area (Å²) in [4.78, 5) is 12.2. The van der Waals surface area contributed by atoms with E-state index >= 15 is 0 Å². The minimum Gasteiger partial charge on any atom is -0.481 e. The van der Waals surface area contributed by atoms with Crippen molar-refractivity contribution in [3.63, 3.8) is 0 Å². The Balaban J connectivity index is 1.69. The fraction of sp³-hybridized carbons (Fsp3) is 0.350. The summed E-state index contributed by atoms with van der Waals surface area (Å²) in [6, 6.07) is 11.6.